The largest absolute Gasteiger partial charge is 0.435 e. The van der Waals surface area contributed by atoms with Gasteiger partial charge in [0.15, 0.2) is 22.3 Å². The van der Waals surface area contributed by atoms with E-state index in [0.717, 1.165) is 12.1 Å². The maximum absolute atomic E-state index is 15.4. The number of aromatic nitrogens is 6. The van der Waals surface area contributed by atoms with E-state index in [1.807, 2.05) is 0 Å². The summed E-state index contributed by atoms with van der Waals surface area (Å²) in [6, 6.07) is 6.37. The van der Waals surface area contributed by atoms with E-state index in [0.29, 0.717) is 42.6 Å². The molecule has 20 heteroatoms. The Bertz CT molecular complexity index is 2560. The van der Waals surface area contributed by atoms with E-state index in [4.69, 9.17) is 22.3 Å². The number of nitrogens with zero attached hydrogens (tertiary/aromatic N) is 6. The zero-order chi connectivity index (χ0) is 40.2. The van der Waals surface area contributed by atoms with Crippen molar-refractivity contribution in [1.29, 1.82) is 0 Å². The molecule has 3 atom stereocenters. The lowest BCUT2D eigenvalue weighted by atomic mass is 9.94. The molecule has 4 heterocycles. The summed E-state index contributed by atoms with van der Waals surface area (Å²) in [5, 5.41) is 24.9. The van der Waals surface area contributed by atoms with Gasteiger partial charge in [0.25, 0.3) is 5.92 Å². The highest BCUT2D eigenvalue weighted by Gasteiger charge is 2.68. The van der Waals surface area contributed by atoms with Crippen LogP contribution in [0.1, 0.15) is 60.4 Å². The third-order valence-corrected chi connectivity index (χ3v) is 11.1. The Kier molecular flexibility index (Phi) is 8.81. The molecular weight excluding hydrogens is 791 g/mol. The number of anilines is 2. The van der Waals surface area contributed by atoms with Crippen molar-refractivity contribution in [3.63, 3.8) is 0 Å². The Balaban J connectivity index is 1.27. The van der Waals surface area contributed by atoms with Crippen LogP contribution < -0.4 is 16.4 Å². The summed E-state index contributed by atoms with van der Waals surface area (Å²) in [5.41, 5.74) is 3.67. The number of nitrogen functional groups attached to an aromatic ring is 1. The number of halogens is 8. The minimum Gasteiger partial charge on any atom is -0.389 e. The van der Waals surface area contributed by atoms with Crippen LogP contribution in [0.2, 0.25) is 5.02 Å². The summed E-state index contributed by atoms with van der Waals surface area (Å²) in [7, 11) is 1.63. The predicted octanol–water partition coefficient (Wildman–Crippen LogP) is 7.47. The van der Waals surface area contributed by atoms with E-state index in [2.05, 4.69) is 25.8 Å². The number of aliphatic hydroxyl groups is 1. The van der Waals surface area contributed by atoms with Crippen LogP contribution in [0.4, 0.5) is 41.7 Å². The maximum atomic E-state index is 15.4. The number of nitrogens with two attached hydrogens (primary N) is 1. The van der Waals surface area contributed by atoms with Crippen molar-refractivity contribution in [2.75, 3.05) is 17.6 Å². The van der Waals surface area contributed by atoms with Gasteiger partial charge in [-0.3, -0.25) is 14.2 Å². The first-order valence-electron chi connectivity index (χ1n) is 17.2. The fourth-order valence-corrected chi connectivity index (χ4v) is 8.59. The molecule has 0 saturated heterocycles. The second kappa shape index (κ2) is 13.0. The lowest BCUT2D eigenvalue weighted by Gasteiger charge is -2.23. The topological polar surface area (TPSA) is 149 Å². The number of alkyl halides is 5. The van der Waals surface area contributed by atoms with Gasteiger partial charge >= 0.3 is 6.18 Å². The third-order valence-electron chi connectivity index (χ3n) is 9.86. The number of pyridine rings is 1. The molecule has 2 aliphatic carbocycles. The number of carbonyl (C=O) groups excluding carboxylic acids is 1. The molecule has 11 nitrogen and oxygen atoms in total. The number of amides is 1. The lowest BCUT2D eigenvalue weighted by molar-refractivity contribution is -0.142. The summed E-state index contributed by atoms with van der Waals surface area (Å²) >= 11 is 7.74. The highest BCUT2D eigenvalue weighted by Crippen LogP contribution is 2.68. The van der Waals surface area contributed by atoms with Gasteiger partial charge in [0.1, 0.15) is 23.9 Å². The molecule has 56 heavy (non-hydrogen) atoms. The Morgan fingerprint density at radius 1 is 1.11 bits per heavy atom. The van der Waals surface area contributed by atoms with Crippen LogP contribution in [0.5, 0.6) is 0 Å². The molecule has 294 valence electrons. The molecule has 5 N–H and O–H groups in total. The quantitative estimate of drug-likeness (QED) is 0.104. The molecule has 4 aromatic heterocycles. The standard InChI is InChI=1S/C36H31ClF7N9O2S/c1-34(2,55)13-46-33-49-32-23(56-33)11-18(17-4-5-21(37)26-28(17)52(3)51-31(26)45)27(48-32)22(8-14-6-15(38)9-16(39)7-14)47-24(54)12-53-30-25(29(50-53)36(42,43)44)19-10-20(19)35(30,40)41/h4-7,9,11,19-20,22,55H,8,10,12-13H2,1-3H3,(H2,45,51)(H,47,54)(H,46,48,49)/t19?,20-,22+/m1/s1. The van der Waals surface area contributed by atoms with Crippen LogP contribution in [-0.4, -0.2) is 52.7 Å². The molecule has 0 spiro atoms. The summed E-state index contributed by atoms with van der Waals surface area (Å²) in [5.74, 6) is -8.77. The Morgan fingerprint density at radius 2 is 1.82 bits per heavy atom. The third kappa shape index (κ3) is 6.68. The van der Waals surface area contributed by atoms with E-state index in [1.54, 1.807) is 39.1 Å². The number of nitrogens with one attached hydrogen (secondary N) is 2. The molecule has 2 aromatic carbocycles. The molecule has 0 bridgehead atoms. The van der Waals surface area contributed by atoms with Gasteiger partial charge in [-0.15, -0.1) is 0 Å². The monoisotopic (exact) mass is 821 g/mol. The molecule has 1 amide bonds. The lowest BCUT2D eigenvalue weighted by Crippen LogP contribution is -2.35. The van der Waals surface area contributed by atoms with Crippen LogP contribution in [0.15, 0.2) is 36.4 Å². The Labute approximate surface area is 321 Å². The van der Waals surface area contributed by atoms with Crippen LogP contribution >= 0.6 is 22.9 Å². The second-order valence-electron chi connectivity index (χ2n) is 14.7. The van der Waals surface area contributed by atoms with Gasteiger partial charge in [0.2, 0.25) is 5.91 Å². The van der Waals surface area contributed by atoms with Crippen molar-refractivity contribution in [3.8, 4) is 11.1 Å². The van der Waals surface area contributed by atoms with Gasteiger partial charge < -0.3 is 21.5 Å². The molecule has 6 aromatic rings. The van der Waals surface area contributed by atoms with Crippen molar-refractivity contribution < 1.29 is 40.6 Å². The number of aryl methyl sites for hydroxylation is 1. The van der Waals surface area contributed by atoms with Gasteiger partial charge in [0.05, 0.1) is 38.0 Å². The fraction of sp³-hybridized carbons (Fsp3) is 0.361. The van der Waals surface area contributed by atoms with E-state index in [1.165, 1.54) is 16.0 Å². The van der Waals surface area contributed by atoms with Gasteiger partial charge in [-0.05, 0) is 62.4 Å². The van der Waals surface area contributed by atoms with Gasteiger partial charge in [0, 0.05) is 42.3 Å². The Hall–Kier alpha value is -5.01. The minimum atomic E-state index is -5.05. The molecular formula is C36H31ClF7N9O2S. The van der Waals surface area contributed by atoms with Crippen molar-refractivity contribution in [2.45, 2.75) is 62.9 Å². The van der Waals surface area contributed by atoms with Crippen molar-refractivity contribution >= 4 is 61.0 Å². The predicted molar refractivity (Wildman–Crippen MR) is 194 cm³/mol. The molecule has 0 radical (unpaired) electrons. The van der Waals surface area contributed by atoms with Gasteiger partial charge in [-0.2, -0.15) is 32.1 Å². The average Bonchev–Trinajstić information content (AvgIpc) is 3.36. The van der Waals surface area contributed by atoms with Crippen molar-refractivity contribution in [3.05, 3.63) is 81.3 Å². The SMILES string of the molecule is Cn1nc(N)c2c(Cl)ccc(-c3cc4sc(NCC(C)(C)O)nc4nc3[C@H](Cc3cc(F)cc(F)c3)NC(=O)Cn3nc(C(F)(F)F)c4c3C(F)(F)[C@@H]3CC43)c21. The maximum Gasteiger partial charge on any atom is 0.435 e. The summed E-state index contributed by atoms with van der Waals surface area (Å²) in [4.78, 5) is 23.3. The first kappa shape index (κ1) is 37.9. The summed E-state index contributed by atoms with van der Waals surface area (Å²) < 4.78 is 104. The number of hydrogen-bond acceptors (Lipinski definition) is 9. The van der Waals surface area contributed by atoms with Gasteiger partial charge in [-0.1, -0.05) is 29.0 Å². The van der Waals surface area contributed by atoms with Crippen molar-refractivity contribution in [1.82, 2.24) is 34.8 Å². The number of carbonyl (C=O) groups is 1. The number of benzene rings is 2. The molecule has 2 aliphatic rings. The number of fused-ring (bicyclic) bond motifs is 5. The van der Waals surface area contributed by atoms with Crippen molar-refractivity contribution in [2.24, 2.45) is 13.0 Å². The normalized spacial score (nSPS) is 18.0. The fourth-order valence-electron chi connectivity index (χ4n) is 7.50. The molecule has 1 saturated carbocycles. The summed E-state index contributed by atoms with van der Waals surface area (Å²) in [6.45, 7) is 2.28. The molecule has 0 aliphatic heterocycles. The first-order valence-corrected chi connectivity index (χ1v) is 18.4. The van der Waals surface area contributed by atoms with E-state index < -0.39 is 76.6 Å². The van der Waals surface area contributed by atoms with Crippen LogP contribution in [-0.2, 0) is 36.9 Å². The Morgan fingerprint density at radius 3 is 2.50 bits per heavy atom. The average molecular weight is 822 g/mol. The van der Waals surface area contributed by atoms with E-state index in [9.17, 15) is 31.9 Å². The number of thiazole rings is 1. The highest BCUT2D eigenvalue weighted by atomic mass is 35.5. The van der Waals surface area contributed by atoms with Crippen LogP contribution in [0, 0.1) is 17.6 Å². The summed E-state index contributed by atoms with van der Waals surface area (Å²) in [6.07, 6.45) is -5.50. The van der Waals surface area contributed by atoms with Gasteiger partial charge in [-0.25, -0.2) is 18.7 Å². The molecule has 1 unspecified atom stereocenters. The zero-order valence-corrected chi connectivity index (χ0v) is 31.1. The smallest absolute Gasteiger partial charge is 0.389 e. The second-order valence-corrected chi connectivity index (χ2v) is 16.1. The van der Waals surface area contributed by atoms with Crippen LogP contribution in [0.3, 0.4) is 0 Å². The zero-order valence-electron chi connectivity index (χ0n) is 29.6. The molecule has 8 rings (SSSR count). The highest BCUT2D eigenvalue weighted by molar-refractivity contribution is 7.22. The van der Waals surface area contributed by atoms with E-state index in [-0.39, 0.29) is 47.1 Å². The van der Waals surface area contributed by atoms with Crippen LogP contribution in [0.25, 0.3) is 32.4 Å². The molecule has 1 fully saturated rings. The first-order chi connectivity index (χ1) is 26.2. The minimum absolute atomic E-state index is 0.0587. The number of hydrogen-bond donors (Lipinski definition) is 4. The number of rotatable bonds is 10. The van der Waals surface area contributed by atoms with E-state index >= 15 is 8.78 Å².